The summed E-state index contributed by atoms with van der Waals surface area (Å²) in [6.07, 6.45) is 3.85. The average molecular weight is 356 g/mol. The number of carbonyl (C=O) groups is 2. The number of piperidine rings is 1. The fraction of sp³-hybridized carbons (Fsp3) is 0.619. The van der Waals surface area contributed by atoms with Crippen LogP contribution in [0.2, 0.25) is 0 Å². The second-order valence-corrected chi connectivity index (χ2v) is 7.96. The Kier molecular flexibility index (Phi) is 4.98. The van der Waals surface area contributed by atoms with Crippen molar-refractivity contribution in [2.24, 2.45) is 5.92 Å². The summed E-state index contributed by atoms with van der Waals surface area (Å²) in [5.74, 6) is 0.792. The third kappa shape index (κ3) is 3.50. The number of ketones is 1. The predicted molar refractivity (Wildman–Crippen MR) is 99.2 cm³/mol. The first-order chi connectivity index (χ1) is 12.6. The normalized spacial score (nSPS) is 26.4. The van der Waals surface area contributed by atoms with Gasteiger partial charge in [0.05, 0.1) is 6.10 Å². The van der Waals surface area contributed by atoms with Crippen molar-refractivity contribution >= 4 is 11.8 Å². The van der Waals surface area contributed by atoms with Crippen LogP contribution in [-0.2, 0) is 16.0 Å². The molecule has 26 heavy (non-hydrogen) atoms. The highest BCUT2D eigenvalue weighted by Crippen LogP contribution is 2.31. The molecule has 3 aliphatic heterocycles. The van der Waals surface area contributed by atoms with Crippen LogP contribution in [0, 0.1) is 5.92 Å². The molecule has 5 nitrogen and oxygen atoms in total. The van der Waals surface area contributed by atoms with Gasteiger partial charge in [-0.05, 0) is 24.0 Å². The molecule has 140 valence electrons. The van der Waals surface area contributed by atoms with E-state index in [1.807, 2.05) is 9.80 Å². The van der Waals surface area contributed by atoms with Crippen LogP contribution in [0.4, 0.5) is 4.79 Å². The van der Waals surface area contributed by atoms with Gasteiger partial charge >= 0.3 is 6.03 Å². The van der Waals surface area contributed by atoms with Gasteiger partial charge in [-0.2, -0.15) is 0 Å². The quantitative estimate of drug-likeness (QED) is 0.837. The zero-order valence-electron chi connectivity index (χ0n) is 15.5. The Labute approximate surface area is 155 Å². The molecule has 0 unspecified atom stereocenters. The van der Waals surface area contributed by atoms with Crippen LogP contribution in [0.5, 0.6) is 0 Å². The van der Waals surface area contributed by atoms with Crippen LogP contribution in [0.1, 0.15) is 43.2 Å². The first kappa shape index (κ1) is 17.5. The van der Waals surface area contributed by atoms with E-state index in [1.165, 1.54) is 17.5 Å². The van der Waals surface area contributed by atoms with Crippen molar-refractivity contribution in [2.45, 2.75) is 44.6 Å². The number of hydrogen-bond acceptors (Lipinski definition) is 3. The minimum absolute atomic E-state index is 0.125. The molecule has 0 radical (unpaired) electrons. The second kappa shape index (κ2) is 7.39. The van der Waals surface area contributed by atoms with E-state index in [9.17, 15) is 9.59 Å². The Bertz CT molecular complexity index is 666. The van der Waals surface area contributed by atoms with E-state index in [2.05, 4.69) is 31.2 Å². The van der Waals surface area contributed by atoms with Crippen LogP contribution in [0.3, 0.4) is 0 Å². The highest BCUT2D eigenvalue weighted by Gasteiger charge is 2.40. The maximum atomic E-state index is 12.8. The molecule has 0 spiro atoms. The van der Waals surface area contributed by atoms with Gasteiger partial charge in [0.25, 0.3) is 0 Å². The second-order valence-electron chi connectivity index (χ2n) is 7.96. The van der Waals surface area contributed by atoms with Crippen LogP contribution >= 0.6 is 0 Å². The summed E-state index contributed by atoms with van der Waals surface area (Å²) in [7, 11) is 0. The number of carbonyl (C=O) groups excluding carboxylic acids is 2. The number of urea groups is 1. The molecule has 0 saturated carbocycles. The van der Waals surface area contributed by atoms with Crippen LogP contribution in [0.25, 0.3) is 0 Å². The molecule has 0 N–H and O–H groups in total. The van der Waals surface area contributed by atoms with E-state index in [0.29, 0.717) is 18.9 Å². The summed E-state index contributed by atoms with van der Waals surface area (Å²) < 4.78 is 5.62. The van der Waals surface area contributed by atoms with Gasteiger partial charge in [-0.15, -0.1) is 0 Å². The Morgan fingerprint density at radius 1 is 1.15 bits per heavy atom. The molecular weight excluding hydrogens is 328 g/mol. The minimum atomic E-state index is 0.125. The number of ether oxygens (including phenoxy) is 1. The molecular formula is C21H28N2O3. The molecule has 0 aliphatic carbocycles. The maximum Gasteiger partial charge on any atom is 0.320 e. The topological polar surface area (TPSA) is 49.9 Å². The molecule has 4 rings (SSSR count). The van der Waals surface area contributed by atoms with E-state index < -0.39 is 0 Å². The first-order valence-corrected chi connectivity index (χ1v) is 9.90. The summed E-state index contributed by atoms with van der Waals surface area (Å²) in [6, 6.07) is 8.99. The third-order valence-corrected chi connectivity index (χ3v) is 6.02. The zero-order chi connectivity index (χ0) is 18.1. The zero-order valence-corrected chi connectivity index (χ0v) is 15.5. The van der Waals surface area contributed by atoms with E-state index in [0.717, 1.165) is 32.5 Å². The van der Waals surface area contributed by atoms with Crippen molar-refractivity contribution in [3.8, 4) is 0 Å². The van der Waals surface area contributed by atoms with Crippen molar-refractivity contribution in [1.82, 2.24) is 9.80 Å². The van der Waals surface area contributed by atoms with Gasteiger partial charge in [-0.3, -0.25) is 4.79 Å². The lowest BCUT2D eigenvalue weighted by Gasteiger charge is -2.46. The van der Waals surface area contributed by atoms with Crippen molar-refractivity contribution in [2.75, 3.05) is 32.8 Å². The van der Waals surface area contributed by atoms with Crippen LogP contribution < -0.4 is 0 Å². The van der Waals surface area contributed by atoms with E-state index in [4.69, 9.17) is 4.74 Å². The number of rotatable bonds is 3. The number of benzene rings is 1. The van der Waals surface area contributed by atoms with Crippen LogP contribution in [-0.4, -0.2) is 60.5 Å². The Balaban J connectivity index is 1.30. The van der Waals surface area contributed by atoms with Crippen molar-refractivity contribution < 1.29 is 14.3 Å². The van der Waals surface area contributed by atoms with E-state index in [-0.39, 0.29) is 30.4 Å². The molecule has 2 amide bonds. The summed E-state index contributed by atoms with van der Waals surface area (Å²) in [5.41, 5.74) is 2.72. The summed E-state index contributed by atoms with van der Waals surface area (Å²) in [5, 5.41) is 0. The summed E-state index contributed by atoms with van der Waals surface area (Å²) in [6.45, 7) is 5.43. The number of hydrogen-bond donors (Lipinski definition) is 0. The number of nitrogens with zero attached hydrogens (tertiary/aromatic N) is 2. The fourth-order valence-corrected chi connectivity index (χ4v) is 4.44. The molecule has 3 fully saturated rings. The molecule has 5 heteroatoms. The number of aryl methyl sites for hydroxylation is 1. The Hall–Kier alpha value is -1.88. The number of fused-ring (bicyclic) bond motifs is 1. The monoisotopic (exact) mass is 356 g/mol. The highest BCUT2D eigenvalue weighted by atomic mass is 16.5. The maximum absolute atomic E-state index is 12.8. The largest absolute Gasteiger partial charge is 0.370 e. The SMILES string of the molecule is CCCc1ccc(C2CN(C(=O)N3CC[C@@H]4OCC(=O)C[C@@H]4C3)C2)cc1. The van der Waals surface area contributed by atoms with Gasteiger partial charge in [0, 0.05) is 44.4 Å². The minimum Gasteiger partial charge on any atom is -0.370 e. The van der Waals surface area contributed by atoms with Gasteiger partial charge in [-0.25, -0.2) is 4.79 Å². The van der Waals surface area contributed by atoms with Crippen LogP contribution in [0.15, 0.2) is 24.3 Å². The van der Waals surface area contributed by atoms with Gasteiger partial charge in [0.2, 0.25) is 0 Å². The smallest absolute Gasteiger partial charge is 0.320 e. The molecule has 0 aromatic heterocycles. The van der Waals surface area contributed by atoms with E-state index >= 15 is 0 Å². The van der Waals surface area contributed by atoms with Gasteiger partial charge in [0.1, 0.15) is 6.61 Å². The Morgan fingerprint density at radius 2 is 1.92 bits per heavy atom. The predicted octanol–water partition coefficient (Wildman–Crippen LogP) is 2.84. The summed E-state index contributed by atoms with van der Waals surface area (Å²) >= 11 is 0. The lowest BCUT2D eigenvalue weighted by molar-refractivity contribution is -0.140. The number of likely N-dealkylation sites (tertiary alicyclic amines) is 2. The molecule has 1 aromatic carbocycles. The average Bonchev–Trinajstić information content (AvgIpc) is 2.61. The first-order valence-electron chi connectivity index (χ1n) is 9.90. The standard InChI is InChI=1S/C21H28N2O3/c1-2-3-15-4-6-16(7-5-15)18-12-23(13-18)21(25)22-9-8-20-17(11-22)10-19(24)14-26-20/h4-7,17-18,20H,2-3,8-14H2,1H3/t17-,20+/m1/s1. The van der Waals surface area contributed by atoms with E-state index in [1.54, 1.807) is 0 Å². The number of Topliss-reactive ketones (excluding diaryl/α,β-unsaturated/α-hetero) is 1. The molecule has 0 bridgehead atoms. The molecule has 3 heterocycles. The third-order valence-electron chi connectivity index (χ3n) is 6.02. The van der Waals surface area contributed by atoms with Crippen molar-refractivity contribution in [3.05, 3.63) is 35.4 Å². The lowest BCUT2D eigenvalue weighted by atomic mass is 9.87. The molecule has 1 aromatic rings. The molecule has 3 saturated heterocycles. The molecule has 3 aliphatic rings. The van der Waals surface area contributed by atoms with Crippen molar-refractivity contribution in [1.29, 1.82) is 0 Å². The van der Waals surface area contributed by atoms with Gasteiger partial charge in [-0.1, -0.05) is 37.6 Å². The van der Waals surface area contributed by atoms with Gasteiger partial charge in [0.15, 0.2) is 5.78 Å². The fourth-order valence-electron chi connectivity index (χ4n) is 4.44. The highest BCUT2D eigenvalue weighted by molar-refractivity contribution is 5.81. The van der Waals surface area contributed by atoms with Crippen molar-refractivity contribution in [3.63, 3.8) is 0 Å². The molecule has 2 atom stereocenters. The Morgan fingerprint density at radius 3 is 2.65 bits per heavy atom. The summed E-state index contributed by atoms with van der Waals surface area (Å²) in [4.78, 5) is 28.3. The lowest BCUT2D eigenvalue weighted by Crippen LogP contribution is -2.58. The number of amides is 2. The van der Waals surface area contributed by atoms with Gasteiger partial charge < -0.3 is 14.5 Å².